The fourth-order valence-corrected chi connectivity index (χ4v) is 2.56. The maximum Gasteiger partial charge on any atom is 0.146 e. The largest absolute Gasteiger partial charge is 0.505 e. The van der Waals surface area contributed by atoms with Crippen molar-refractivity contribution in [1.82, 2.24) is 0 Å². The Morgan fingerprint density at radius 1 is 1.11 bits per heavy atom. The van der Waals surface area contributed by atoms with E-state index in [1.165, 1.54) is 19.3 Å². The van der Waals surface area contributed by atoms with Crippen LogP contribution in [0.4, 0.5) is 5.69 Å². The molecule has 3 heteroatoms. The number of hydrogen-bond acceptors (Lipinski definition) is 3. The molecule has 1 aliphatic carbocycles. The molecule has 104 valence electrons. The van der Waals surface area contributed by atoms with Crippen LogP contribution in [0.1, 0.15) is 58.4 Å². The van der Waals surface area contributed by atoms with Crippen molar-refractivity contribution in [2.75, 3.05) is 0 Å². The van der Waals surface area contributed by atoms with Crippen molar-refractivity contribution in [2.24, 2.45) is 10.2 Å². The van der Waals surface area contributed by atoms with Crippen LogP contribution >= 0.6 is 0 Å². The monoisotopic (exact) mass is 260 g/mol. The summed E-state index contributed by atoms with van der Waals surface area (Å²) in [6.07, 6.45) is 6.07. The van der Waals surface area contributed by atoms with Gasteiger partial charge in [-0.25, -0.2) is 0 Å². The highest BCUT2D eigenvalue weighted by Gasteiger charge is 2.20. The highest BCUT2D eigenvalue weighted by atomic mass is 16.3. The number of nitrogens with zero attached hydrogens (tertiary/aromatic N) is 2. The number of rotatable bonds is 2. The molecule has 1 aromatic carbocycles. The van der Waals surface area contributed by atoms with Crippen LogP contribution in [0.2, 0.25) is 0 Å². The predicted molar refractivity (Wildman–Crippen MR) is 78.2 cm³/mol. The molecule has 1 aromatic rings. The van der Waals surface area contributed by atoms with E-state index < -0.39 is 0 Å². The van der Waals surface area contributed by atoms with Gasteiger partial charge in [-0.05, 0) is 24.3 Å². The summed E-state index contributed by atoms with van der Waals surface area (Å²) < 4.78 is 0. The smallest absolute Gasteiger partial charge is 0.146 e. The molecule has 0 amide bonds. The lowest BCUT2D eigenvalue weighted by atomic mass is 9.86. The van der Waals surface area contributed by atoms with E-state index in [2.05, 4.69) is 31.0 Å². The molecule has 0 radical (unpaired) electrons. The van der Waals surface area contributed by atoms with Gasteiger partial charge in [0.05, 0.1) is 6.04 Å². The third-order valence-corrected chi connectivity index (χ3v) is 3.73. The molecule has 0 spiro atoms. The molecule has 0 heterocycles. The molecule has 1 saturated carbocycles. The second kappa shape index (κ2) is 5.72. The number of hydrogen-bond donors (Lipinski definition) is 1. The Bertz CT molecular complexity index is 454. The summed E-state index contributed by atoms with van der Waals surface area (Å²) in [5.74, 6) is 0.273. The van der Waals surface area contributed by atoms with Crippen LogP contribution in [0, 0.1) is 0 Å². The van der Waals surface area contributed by atoms with Crippen molar-refractivity contribution >= 4 is 5.69 Å². The van der Waals surface area contributed by atoms with Gasteiger partial charge in [-0.1, -0.05) is 52.2 Å². The van der Waals surface area contributed by atoms with E-state index in [-0.39, 0.29) is 11.2 Å². The van der Waals surface area contributed by atoms with Gasteiger partial charge in [-0.15, -0.1) is 0 Å². The van der Waals surface area contributed by atoms with Crippen LogP contribution in [0.15, 0.2) is 28.4 Å². The van der Waals surface area contributed by atoms with Crippen LogP contribution < -0.4 is 0 Å². The fourth-order valence-electron chi connectivity index (χ4n) is 2.56. The Labute approximate surface area is 115 Å². The molecular formula is C16H24N2O. The predicted octanol–water partition coefficient (Wildman–Crippen LogP) is 5.11. The van der Waals surface area contributed by atoms with E-state index in [1.807, 2.05) is 18.2 Å². The first-order chi connectivity index (χ1) is 8.98. The minimum absolute atomic E-state index is 0.0829. The molecule has 0 unspecified atom stereocenters. The molecule has 1 aliphatic rings. The first-order valence-electron chi connectivity index (χ1n) is 7.22. The zero-order valence-electron chi connectivity index (χ0n) is 12.2. The number of phenols is 1. The molecule has 0 bridgehead atoms. The summed E-state index contributed by atoms with van der Waals surface area (Å²) in [5.41, 5.74) is 1.44. The first kappa shape index (κ1) is 14.0. The summed E-state index contributed by atoms with van der Waals surface area (Å²) in [7, 11) is 0. The van der Waals surface area contributed by atoms with Gasteiger partial charge in [0.2, 0.25) is 0 Å². The maximum absolute atomic E-state index is 10.3. The maximum atomic E-state index is 10.3. The highest BCUT2D eigenvalue weighted by Crippen LogP contribution is 2.37. The van der Waals surface area contributed by atoms with E-state index >= 15 is 0 Å². The molecule has 0 aliphatic heterocycles. The van der Waals surface area contributed by atoms with Crippen LogP contribution in [0.3, 0.4) is 0 Å². The van der Waals surface area contributed by atoms with E-state index in [4.69, 9.17) is 0 Å². The third-order valence-electron chi connectivity index (χ3n) is 3.73. The van der Waals surface area contributed by atoms with Gasteiger partial charge in [0.1, 0.15) is 11.4 Å². The molecule has 0 saturated heterocycles. The minimum Gasteiger partial charge on any atom is -0.505 e. The van der Waals surface area contributed by atoms with Crippen LogP contribution in [0.5, 0.6) is 5.75 Å². The second-order valence-electron chi connectivity index (χ2n) is 6.43. The molecule has 2 rings (SSSR count). The third kappa shape index (κ3) is 3.55. The van der Waals surface area contributed by atoms with E-state index in [0.29, 0.717) is 11.7 Å². The SMILES string of the molecule is CC(C)(C)c1cccc(N=NC2CCCCC2)c1O. The van der Waals surface area contributed by atoms with Gasteiger partial charge in [0.25, 0.3) is 0 Å². The lowest BCUT2D eigenvalue weighted by Gasteiger charge is -2.21. The average Bonchev–Trinajstić information content (AvgIpc) is 2.37. The average molecular weight is 260 g/mol. The Hall–Kier alpha value is -1.38. The van der Waals surface area contributed by atoms with Crippen molar-refractivity contribution < 1.29 is 5.11 Å². The van der Waals surface area contributed by atoms with Gasteiger partial charge in [0, 0.05) is 5.56 Å². The molecule has 19 heavy (non-hydrogen) atoms. The van der Waals surface area contributed by atoms with E-state index in [1.54, 1.807) is 0 Å². The normalized spacial score (nSPS) is 18.1. The zero-order chi connectivity index (χ0) is 13.9. The molecule has 0 aromatic heterocycles. The summed E-state index contributed by atoms with van der Waals surface area (Å²) in [6.45, 7) is 6.26. The topological polar surface area (TPSA) is 45.0 Å². The Kier molecular flexibility index (Phi) is 4.23. The van der Waals surface area contributed by atoms with Crippen LogP contribution in [-0.2, 0) is 5.41 Å². The van der Waals surface area contributed by atoms with Gasteiger partial charge in [-0.2, -0.15) is 10.2 Å². The lowest BCUT2D eigenvalue weighted by Crippen LogP contribution is -2.11. The quantitative estimate of drug-likeness (QED) is 0.738. The van der Waals surface area contributed by atoms with E-state index in [9.17, 15) is 5.11 Å². The molecule has 1 fully saturated rings. The standard InChI is InChI=1S/C16H24N2O/c1-16(2,3)13-10-7-11-14(15(13)19)18-17-12-8-5-4-6-9-12/h7,10-12,19H,4-6,8-9H2,1-3H3. The lowest BCUT2D eigenvalue weighted by molar-refractivity contribution is 0.428. The van der Waals surface area contributed by atoms with Gasteiger partial charge < -0.3 is 5.11 Å². The molecule has 1 N–H and O–H groups in total. The summed E-state index contributed by atoms with van der Waals surface area (Å²) in [5, 5.41) is 19.0. The Balaban J connectivity index is 2.18. The van der Waals surface area contributed by atoms with E-state index in [0.717, 1.165) is 18.4 Å². The van der Waals surface area contributed by atoms with Crippen LogP contribution in [-0.4, -0.2) is 11.1 Å². The van der Waals surface area contributed by atoms with Gasteiger partial charge in [0.15, 0.2) is 0 Å². The number of azo groups is 1. The molecule has 3 nitrogen and oxygen atoms in total. The van der Waals surface area contributed by atoms with Crippen molar-refractivity contribution in [3.63, 3.8) is 0 Å². The summed E-state index contributed by atoms with van der Waals surface area (Å²) in [6, 6.07) is 6.06. The highest BCUT2D eigenvalue weighted by molar-refractivity contribution is 5.56. The van der Waals surface area contributed by atoms with Crippen molar-refractivity contribution in [1.29, 1.82) is 0 Å². The summed E-state index contributed by atoms with van der Waals surface area (Å²) >= 11 is 0. The van der Waals surface area contributed by atoms with Gasteiger partial charge >= 0.3 is 0 Å². The molecular weight excluding hydrogens is 236 g/mol. The van der Waals surface area contributed by atoms with Crippen molar-refractivity contribution in [2.45, 2.75) is 64.3 Å². The Morgan fingerprint density at radius 3 is 2.42 bits per heavy atom. The second-order valence-corrected chi connectivity index (χ2v) is 6.43. The number of aromatic hydroxyl groups is 1. The zero-order valence-corrected chi connectivity index (χ0v) is 12.2. The number of benzene rings is 1. The van der Waals surface area contributed by atoms with Gasteiger partial charge in [-0.3, -0.25) is 0 Å². The van der Waals surface area contributed by atoms with Crippen molar-refractivity contribution in [3.05, 3.63) is 23.8 Å². The first-order valence-corrected chi connectivity index (χ1v) is 7.22. The fraction of sp³-hybridized carbons (Fsp3) is 0.625. The number of para-hydroxylation sites is 1. The molecule has 0 atom stereocenters. The van der Waals surface area contributed by atoms with Crippen LogP contribution in [0.25, 0.3) is 0 Å². The Morgan fingerprint density at radius 2 is 1.79 bits per heavy atom. The number of phenolic OH excluding ortho intramolecular Hbond substituents is 1. The van der Waals surface area contributed by atoms with Crippen molar-refractivity contribution in [3.8, 4) is 5.75 Å². The summed E-state index contributed by atoms with van der Waals surface area (Å²) in [4.78, 5) is 0. The minimum atomic E-state index is -0.0829.